The van der Waals surface area contributed by atoms with Crippen molar-refractivity contribution in [1.82, 2.24) is 0 Å². The van der Waals surface area contributed by atoms with Gasteiger partial charge in [0.25, 0.3) is 0 Å². The zero-order valence-corrected chi connectivity index (χ0v) is 12.5. The average Bonchev–Trinajstić information content (AvgIpc) is 2.95. The van der Waals surface area contributed by atoms with Crippen molar-refractivity contribution in [1.29, 1.82) is 0 Å². The van der Waals surface area contributed by atoms with E-state index in [0.717, 1.165) is 31.1 Å². The van der Waals surface area contributed by atoms with E-state index < -0.39 is 5.79 Å². The SMILES string of the molecule is CC1OC2(C=C3c4ccccc4CC3(C=O)CC2)OC1C. The molecule has 0 aromatic heterocycles. The predicted octanol–water partition coefficient (Wildman–Crippen LogP) is 3.13. The lowest BCUT2D eigenvalue weighted by molar-refractivity contribution is -0.147. The summed E-state index contributed by atoms with van der Waals surface area (Å²) in [7, 11) is 0. The van der Waals surface area contributed by atoms with Gasteiger partial charge in [0.1, 0.15) is 6.29 Å². The molecule has 0 N–H and O–H groups in total. The van der Waals surface area contributed by atoms with Crippen LogP contribution < -0.4 is 0 Å². The first kappa shape index (κ1) is 13.2. The van der Waals surface area contributed by atoms with Crippen molar-refractivity contribution in [2.75, 3.05) is 0 Å². The van der Waals surface area contributed by atoms with Crippen molar-refractivity contribution in [3.63, 3.8) is 0 Å². The number of ether oxygens (including phenoxy) is 2. The Morgan fingerprint density at radius 3 is 2.57 bits per heavy atom. The zero-order valence-electron chi connectivity index (χ0n) is 12.5. The van der Waals surface area contributed by atoms with Gasteiger partial charge in [-0.3, -0.25) is 0 Å². The number of allylic oxidation sites excluding steroid dienone is 1. The third kappa shape index (κ3) is 1.77. The molecule has 1 spiro atoms. The molecule has 1 aliphatic heterocycles. The molecular weight excluding hydrogens is 264 g/mol. The van der Waals surface area contributed by atoms with Gasteiger partial charge < -0.3 is 14.3 Å². The van der Waals surface area contributed by atoms with Gasteiger partial charge in [-0.1, -0.05) is 24.3 Å². The van der Waals surface area contributed by atoms with E-state index in [1.807, 2.05) is 26.0 Å². The van der Waals surface area contributed by atoms with E-state index in [4.69, 9.17) is 9.47 Å². The molecule has 0 radical (unpaired) electrons. The average molecular weight is 284 g/mol. The second-order valence-electron chi connectivity index (χ2n) is 6.62. The molecule has 0 bridgehead atoms. The van der Waals surface area contributed by atoms with Gasteiger partial charge in [-0.25, -0.2) is 0 Å². The zero-order chi connectivity index (χ0) is 14.7. The van der Waals surface area contributed by atoms with E-state index in [0.29, 0.717) is 0 Å². The molecule has 1 heterocycles. The predicted molar refractivity (Wildman–Crippen MR) is 79.7 cm³/mol. The summed E-state index contributed by atoms with van der Waals surface area (Å²) in [5.74, 6) is -0.641. The van der Waals surface area contributed by atoms with Gasteiger partial charge in [0.15, 0.2) is 5.79 Å². The van der Waals surface area contributed by atoms with Crippen LogP contribution in [0.4, 0.5) is 0 Å². The lowest BCUT2D eigenvalue weighted by atomic mass is 9.72. The highest BCUT2D eigenvalue weighted by molar-refractivity contribution is 5.91. The molecule has 3 atom stereocenters. The summed E-state index contributed by atoms with van der Waals surface area (Å²) in [6.45, 7) is 4.09. The first-order valence-corrected chi connectivity index (χ1v) is 7.71. The van der Waals surface area contributed by atoms with Crippen LogP contribution in [0.3, 0.4) is 0 Å². The fourth-order valence-electron chi connectivity index (χ4n) is 3.97. The minimum Gasteiger partial charge on any atom is -0.341 e. The van der Waals surface area contributed by atoms with E-state index >= 15 is 0 Å². The Hall–Kier alpha value is -1.45. The molecule has 0 amide bonds. The van der Waals surface area contributed by atoms with Gasteiger partial charge in [0.05, 0.1) is 17.6 Å². The molecule has 110 valence electrons. The van der Waals surface area contributed by atoms with Crippen LogP contribution in [0.2, 0.25) is 0 Å². The molecule has 1 aromatic carbocycles. The van der Waals surface area contributed by atoms with Crippen molar-refractivity contribution < 1.29 is 14.3 Å². The van der Waals surface area contributed by atoms with E-state index in [-0.39, 0.29) is 17.6 Å². The lowest BCUT2D eigenvalue weighted by Gasteiger charge is -2.37. The topological polar surface area (TPSA) is 35.5 Å². The maximum atomic E-state index is 11.8. The normalized spacial score (nSPS) is 40.8. The molecule has 3 nitrogen and oxygen atoms in total. The summed E-state index contributed by atoms with van der Waals surface area (Å²) >= 11 is 0. The number of carbonyl (C=O) groups is 1. The molecular formula is C18H20O3. The van der Waals surface area contributed by atoms with Crippen molar-refractivity contribution in [2.24, 2.45) is 5.41 Å². The molecule has 2 aliphatic carbocycles. The monoisotopic (exact) mass is 284 g/mol. The Labute approximate surface area is 124 Å². The first-order chi connectivity index (χ1) is 10.1. The van der Waals surface area contributed by atoms with Crippen LogP contribution in [-0.4, -0.2) is 24.3 Å². The fraction of sp³-hybridized carbons (Fsp3) is 0.500. The number of carbonyl (C=O) groups excluding carboxylic acids is 1. The molecule has 4 rings (SSSR count). The van der Waals surface area contributed by atoms with Gasteiger partial charge in [0.2, 0.25) is 0 Å². The van der Waals surface area contributed by atoms with Gasteiger partial charge in [-0.05, 0) is 49.5 Å². The van der Waals surface area contributed by atoms with Crippen molar-refractivity contribution in [3.05, 3.63) is 41.5 Å². The Bertz CT molecular complexity index is 623. The Balaban J connectivity index is 1.84. The summed E-state index contributed by atoms with van der Waals surface area (Å²) in [6, 6.07) is 8.29. The maximum Gasteiger partial charge on any atom is 0.189 e. The van der Waals surface area contributed by atoms with Crippen LogP contribution in [0.1, 0.15) is 37.8 Å². The maximum absolute atomic E-state index is 11.8. The molecule has 3 heteroatoms. The highest BCUT2D eigenvalue weighted by atomic mass is 16.8. The minimum atomic E-state index is -0.641. The highest BCUT2D eigenvalue weighted by Crippen LogP contribution is 2.54. The summed E-state index contributed by atoms with van der Waals surface area (Å²) in [5, 5.41) is 0. The van der Waals surface area contributed by atoms with Crippen LogP contribution in [-0.2, 0) is 20.7 Å². The molecule has 1 aromatic rings. The van der Waals surface area contributed by atoms with E-state index in [9.17, 15) is 4.79 Å². The standard InChI is InChI=1S/C18H20O3/c1-12-13(2)21-18(20-12)8-7-17(11-19)9-14-5-3-4-6-15(14)16(17)10-18/h3-6,10-13H,7-9H2,1-2H3. The largest absolute Gasteiger partial charge is 0.341 e. The minimum absolute atomic E-state index is 0.0854. The van der Waals surface area contributed by atoms with Crippen molar-refractivity contribution in [3.8, 4) is 0 Å². The molecule has 0 saturated carbocycles. The molecule has 1 saturated heterocycles. The lowest BCUT2D eigenvalue weighted by Crippen LogP contribution is -2.38. The number of benzene rings is 1. The van der Waals surface area contributed by atoms with Crippen molar-refractivity contribution >= 4 is 11.9 Å². The molecule has 21 heavy (non-hydrogen) atoms. The summed E-state index contributed by atoms with van der Waals surface area (Å²) in [5.41, 5.74) is 3.16. The number of aldehydes is 1. The van der Waals surface area contributed by atoms with Crippen LogP contribution >= 0.6 is 0 Å². The second kappa shape index (κ2) is 4.28. The van der Waals surface area contributed by atoms with Gasteiger partial charge in [-0.2, -0.15) is 0 Å². The van der Waals surface area contributed by atoms with Crippen molar-refractivity contribution in [2.45, 2.75) is 51.1 Å². The van der Waals surface area contributed by atoms with Crippen LogP contribution in [0, 0.1) is 5.41 Å². The Kier molecular flexibility index (Phi) is 2.69. The van der Waals surface area contributed by atoms with Crippen LogP contribution in [0.15, 0.2) is 30.3 Å². The highest BCUT2D eigenvalue weighted by Gasteiger charge is 2.52. The van der Waals surface area contributed by atoms with Gasteiger partial charge >= 0.3 is 0 Å². The van der Waals surface area contributed by atoms with Gasteiger partial charge in [-0.15, -0.1) is 0 Å². The summed E-state index contributed by atoms with van der Waals surface area (Å²) in [4.78, 5) is 11.8. The third-order valence-corrected chi connectivity index (χ3v) is 5.29. The third-order valence-electron chi connectivity index (χ3n) is 5.29. The van der Waals surface area contributed by atoms with Gasteiger partial charge in [0, 0.05) is 6.42 Å². The molecule has 3 unspecified atom stereocenters. The Morgan fingerprint density at radius 1 is 1.14 bits per heavy atom. The number of hydrogen-bond acceptors (Lipinski definition) is 3. The second-order valence-corrected chi connectivity index (χ2v) is 6.62. The van der Waals surface area contributed by atoms with Crippen LogP contribution in [0.5, 0.6) is 0 Å². The molecule has 1 fully saturated rings. The first-order valence-electron chi connectivity index (χ1n) is 7.71. The van der Waals surface area contributed by atoms with E-state index in [1.165, 1.54) is 11.1 Å². The number of hydrogen-bond donors (Lipinski definition) is 0. The van der Waals surface area contributed by atoms with E-state index in [1.54, 1.807) is 0 Å². The molecule has 3 aliphatic rings. The summed E-state index contributed by atoms with van der Waals surface area (Å²) in [6.07, 6.45) is 5.72. The Morgan fingerprint density at radius 2 is 1.86 bits per heavy atom. The quantitative estimate of drug-likeness (QED) is 0.743. The van der Waals surface area contributed by atoms with E-state index in [2.05, 4.69) is 18.2 Å². The fourth-order valence-corrected chi connectivity index (χ4v) is 3.97. The summed E-state index contributed by atoms with van der Waals surface area (Å²) < 4.78 is 12.2. The number of rotatable bonds is 1. The van der Waals surface area contributed by atoms with Crippen LogP contribution in [0.25, 0.3) is 5.57 Å². The smallest absolute Gasteiger partial charge is 0.189 e. The number of fused-ring (bicyclic) bond motifs is 3.